The lowest BCUT2D eigenvalue weighted by molar-refractivity contribution is 0.0955. The van der Waals surface area contributed by atoms with Gasteiger partial charge in [0.25, 0.3) is 5.91 Å². The molecule has 2 N–H and O–H groups in total. The van der Waals surface area contributed by atoms with Crippen molar-refractivity contribution in [1.29, 1.82) is 0 Å². The fraction of sp³-hybridized carbons (Fsp3) is 0.450. The van der Waals surface area contributed by atoms with Gasteiger partial charge < -0.3 is 15.5 Å². The zero-order valence-electron chi connectivity index (χ0n) is 16.7. The lowest BCUT2D eigenvalue weighted by atomic mass is 10.0. The van der Waals surface area contributed by atoms with Crippen LogP contribution in [0.5, 0.6) is 0 Å². The maximum absolute atomic E-state index is 12.2. The Morgan fingerprint density at radius 2 is 2.14 bits per heavy atom. The van der Waals surface area contributed by atoms with Gasteiger partial charge in [-0.25, -0.2) is 0 Å². The van der Waals surface area contributed by atoms with Gasteiger partial charge in [0.2, 0.25) is 0 Å². The second-order valence-corrected chi connectivity index (χ2v) is 7.81. The number of carbonyl (C=O) groups excluding carboxylic acids is 1. The number of nitrogens with zero attached hydrogens (tertiary/aromatic N) is 4. The van der Waals surface area contributed by atoms with Gasteiger partial charge in [0, 0.05) is 50.9 Å². The first-order valence-electron chi connectivity index (χ1n) is 9.73. The van der Waals surface area contributed by atoms with Crippen LogP contribution in [-0.2, 0) is 7.05 Å². The summed E-state index contributed by atoms with van der Waals surface area (Å²) in [6, 6.07) is 4.83. The van der Waals surface area contributed by atoms with Crippen molar-refractivity contribution >= 4 is 35.1 Å². The quantitative estimate of drug-likeness (QED) is 0.414. The van der Waals surface area contributed by atoms with Crippen molar-refractivity contribution < 1.29 is 4.79 Å². The molecule has 156 valence electrons. The van der Waals surface area contributed by atoms with E-state index in [2.05, 4.69) is 38.7 Å². The van der Waals surface area contributed by atoms with Crippen molar-refractivity contribution in [3.05, 3.63) is 51.8 Å². The smallest absolute Gasteiger partial charge is 0.251 e. The largest absolute Gasteiger partial charge is 0.357 e. The van der Waals surface area contributed by atoms with Crippen LogP contribution >= 0.6 is 23.2 Å². The molecule has 3 rings (SSSR count). The van der Waals surface area contributed by atoms with Crippen molar-refractivity contribution in [2.75, 3.05) is 32.7 Å². The highest BCUT2D eigenvalue weighted by Gasteiger charge is 2.26. The Balaban J connectivity index is 1.52. The first kappa shape index (κ1) is 21.5. The van der Waals surface area contributed by atoms with E-state index in [0.29, 0.717) is 34.6 Å². The summed E-state index contributed by atoms with van der Waals surface area (Å²) in [5, 5.41) is 11.3. The van der Waals surface area contributed by atoms with Gasteiger partial charge in [-0.1, -0.05) is 23.2 Å². The van der Waals surface area contributed by atoms with Gasteiger partial charge in [0.1, 0.15) is 0 Å². The summed E-state index contributed by atoms with van der Waals surface area (Å²) in [4.78, 5) is 19.2. The standard InChI is InChI=1S/C20H26Cl2N6O/c1-3-23-20(28-9-6-15(13-28)16-11-26-27(2)12-16)25-8-7-24-19(29)14-4-5-17(21)18(22)10-14/h4-5,10-12,15H,3,6-9,13H2,1-2H3,(H,23,25)(H,24,29). The highest BCUT2D eigenvalue weighted by Crippen LogP contribution is 2.26. The van der Waals surface area contributed by atoms with Crippen LogP contribution in [0.4, 0.5) is 0 Å². The molecule has 1 saturated heterocycles. The first-order valence-corrected chi connectivity index (χ1v) is 10.5. The lowest BCUT2D eigenvalue weighted by Gasteiger charge is -2.21. The van der Waals surface area contributed by atoms with Crippen LogP contribution in [0.1, 0.15) is 35.2 Å². The van der Waals surface area contributed by atoms with Crippen molar-refractivity contribution in [2.45, 2.75) is 19.3 Å². The lowest BCUT2D eigenvalue weighted by Crippen LogP contribution is -2.40. The average molecular weight is 437 g/mol. The predicted molar refractivity (Wildman–Crippen MR) is 117 cm³/mol. The number of aromatic nitrogens is 2. The molecular formula is C20H26Cl2N6O. The summed E-state index contributed by atoms with van der Waals surface area (Å²) in [5.74, 6) is 1.14. The van der Waals surface area contributed by atoms with Gasteiger partial charge in [-0.3, -0.25) is 14.5 Å². The van der Waals surface area contributed by atoms with Crippen molar-refractivity contribution in [1.82, 2.24) is 25.3 Å². The number of hydrogen-bond acceptors (Lipinski definition) is 3. The normalized spacial score (nSPS) is 16.9. The topological polar surface area (TPSA) is 74.6 Å². The molecular weight excluding hydrogens is 411 g/mol. The molecule has 1 aliphatic rings. The van der Waals surface area contributed by atoms with E-state index in [1.54, 1.807) is 18.2 Å². The Morgan fingerprint density at radius 1 is 1.31 bits per heavy atom. The molecule has 0 saturated carbocycles. The Bertz CT molecular complexity index is 882. The Morgan fingerprint density at radius 3 is 2.83 bits per heavy atom. The molecule has 1 aromatic heterocycles. The summed E-state index contributed by atoms with van der Waals surface area (Å²) in [6.07, 6.45) is 5.09. The van der Waals surface area contributed by atoms with Crippen molar-refractivity contribution in [3.8, 4) is 0 Å². The summed E-state index contributed by atoms with van der Waals surface area (Å²) in [7, 11) is 1.94. The van der Waals surface area contributed by atoms with E-state index in [1.165, 1.54) is 5.56 Å². The Kier molecular flexibility index (Phi) is 7.39. The summed E-state index contributed by atoms with van der Waals surface area (Å²) in [6.45, 7) is 5.63. The number of benzene rings is 1. The highest BCUT2D eigenvalue weighted by atomic mass is 35.5. The number of halogens is 2. The monoisotopic (exact) mass is 436 g/mol. The van der Waals surface area contributed by atoms with E-state index in [-0.39, 0.29) is 5.91 Å². The number of carbonyl (C=O) groups is 1. The average Bonchev–Trinajstić information content (AvgIpc) is 3.35. The number of aryl methyl sites for hydroxylation is 1. The molecule has 1 atom stereocenters. The molecule has 1 aliphatic heterocycles. The molecule has 0 radical (unpaired) electrons. The first-order chi connectivity index (χ1) is 14.0. The van der Waals surface area contributed by atoms with E-state index < -0.39 is 0 Å². The van der Waals surface area contributed by atoms with Gasteiger partial charge in [-0.2, -0.15) is 5.10 Å². The minimum Gasteiger partial charge on any atom is -0.357 e. The number of rotatable bonds is 6. The van der Waals surface area contributed by atoms with Gasteiger partial charge in [0.05, 0.1) is 22.8 Å². The van der Waals surface area contributed by atoms with Gasteiger partial charge >= 0.3 is 0 Å². The molecule has 0 spiro atoms. The number of nitrogens with one attached hydrogen (secondary N) is 2. The third-order valence-corrected chi connectivity index (χ3v) is 5.60. The van der Waals surface area contributed by atoms with Crippen molar-refractivity contribution in [2.24, 2.45) is 12.0 Å². The second kappa shape index (κ2) is 9.98. The molecule has 1 aromatic carbocycles. The summed E-state index contributed by atoms with van der Waals surface area (Å²) >= 11 is 11.9. The molecule has 1 amide bonds. The molecule has 1 fully saturated rings. The minimum absolute atomic E-state index is 0.193. The van der Waals surface area contributed by atoms with E-state index in [0.717, 1.165) is 32.0 Å². The van der Waals surface area contributed by atoms with Gasteiger partial charge in [0.15, 0.2) is 5.96 Å². The molecule has 9 heteroatoms. The fourth-order valence-corrected chi connectivity index (χ4v) is 3.67. The van der Waals surface area contributed by atoms with Gasteiger partial charge in [-0.15, -0.1) is 0 Å². The van der Waals surface area contributed by atoms with Crippen LogP contribution < -0.4 is 10.6 Å². The number of aliphatic imine (C=N–C) groups is 1. The van der Waals surface area contributed by atoms with Crippen LogP contribution in [0.25, 0.3) is 0 Å². The van der Waals surface area contributed by atoms with Crippen LogP contribution in [0.2, 0.25) is 10.0 Å². The van der Waals surface area contributed by atoms with E-state index in [9.17, 15) is 4.79 Å². The Hall–Kier alpha value is -2.25. The highest BCUT2D eigenvalue weighted by molar-refractivity contribution is 6.42. The number of guanidine groups is 1. The van der Waals surface area contributed by atoms with Crippen LogP contribution in [0.15, 0.2) is 35.6 Å². The predicted octanol–water partition coefficient (Wildman–Crippen LogP) is 2.91. The molecule has 2 heterocycles. The SMILES string of the molecule is CCNC(=NCCNC(=O)c1ccc(Cl)c(Cl)c1)N1CCC(c2cnn(C)c2)C1. The van der Waals surface area contributed by atoms with E-state index in [4.69, 9.17) is 23.2 Å². The van der Waals surface area contributed by atoms with E-state index in [1.807, 2.05) is 17.9 Å². The minimum atomic E-state index is -0.193. The number of amides is 1. The maximum Gasteiger partial charge on any atom is 0.251 e. The zero-order valence-corrected chi connectivity index (χ0v) is 18.2. The summed E-state index contributed by atoms with van der Waals surface area (Å²) in [5.41, 5.74) is 1.74. The van der Waals surface area contributed by atoms with Gasteiger partial charge in [-0.05, 0) is 37.1 Å². The zero-order chi connectivity index (χ0) is 20.8. The summed E-state index contributed by atoms with van der Waals surface area (Å²) < 4.78 is 1.84. The number of hydrogen-bond donors (Lipinski definition) is 2. The fourth-order valence-electron chi connectivity index (χ4n) is 3.37. The van der Waals surface area contributed by atoms with Crippen molar-refractivity contribution in [3.63, 3.8) is 0 Å². The molecule has 7 nitrogen and oxygen atoms in total. The molecule has 29 heavy (non-hydrogen) atoms. The number of likely N-dealkylation sites (tertiary alicyclic amines) is 1. The Labute approximate surface area is 181 Å². The molecule has 0 bridgehead atoms. The molecule has 0 aliphatic carbocycles. The molecule has 1 unspecified atom stereocenters. The van der Waals surface area contributed by atoms with Crippen LogP contribution in [0.3, 0.4) is 0 Å². The molecule has 2 aromatic rings. The van der Waals surface area contributed by atoms with Crippen LogP contribution in [0, 0.1) is 0 Å². The van der Waals surface area contributed by atoms with E-state index >= 15 is 0 Å². The van der Waals surface area contributed by atoms with Crippen LogP contribution in [-0.4, -0.2) is 59.3 Å². The second-order valence-electron chi connectivity index (χ2n) is 7.00. The third-order valence-electron chi connectivity index (χ3n) is 4.86. The maximum atomic E-state index is 12.2. The third kappa shape index (κ3) is 5.64.